The fourth-order valence-corrected chi connectivity index (χ4v) is 6.13. The summed E-state index contributed by atoms with van der Waals surface area (Å²) in [6.45, 7) is 8.47. The van der Waals surface area contributed by atoms with E-state index in [1.165, 1.54) is 0 Å². The average molecular weight is 396 g/mol. The highest BCUT2D eigenvalue weighted by Gasteiger charge is 2.50. The van der Waals surface area contributed by atoms with E-state index in [1.807, 2.05) is 11.0 Å². The van der Waals surface area contributed by atoms with Gasteiger partial charge in [0.25, 0.3) is 11.5 Å². The number of hydrogen-bond acceptors (Lipinski definition) is 4. The zero-order valence-corrected chi connectivity index (χ0v) is 17.5. The number of carbonyl (C=O) groups is 1. The number of rotatable bonds is 3. The van der Waals surface area contributed by atoms with Gasteiger partial charge in [0, 0.05) is 25.6 Å². The summed E-state index contributed by atoms with van der Waals surface area (Å²) in [7, 11) is 0. The molecule has 1 saturated heterocycles. The lowest BCUT2D eigenvalue weighted by molar-refractivity contribution is -0.134. The van der Waals surface area contributed by atoms with E-state index >= 15 is 0 Å². The molecule has 2 bridgehead atoms. The van der Waals surface area contributed by atoms with Gasteiger partial charge in [0.05, 0.1) is 10.9 Å². The fraction of sp³-hybridized carbons (Fsp3) is 0.609. The molecule has 29 heavy (non-hydrogen) atoms. The second-order valence-electron chi connectivity index (χ2n) is 10.3. The molecule has 6 heteroatoms. The highest BCUT2D eigenvalue weighted by molar-refractivity contribution is 5.81. The number of aromatic nitrogens is 2. The molecule has 2 fully saturated rings. The summed E-state index contributed by atoms with van der Waals surface area (Å²) in [6.07, 6.45) is 5.12. The quantitative estimate of drug-likeness (QED) is 0.801. The molecule has 1 saturated carbocycles. The van der Waals surface area contributed by atoms with Gasteiger partial charge in [-0.15, -0.1) is 0 Å². The Bertz CT molecular complexity index is 1060. The summed E-state index contributed by atoms with van der Waals surface area (Å²) in [5.41, 5.74) is 1.18. The molecule has 1 aromatic heterocycles. The van der Waals surface area contributed by atoms with Crippen LogP contribution in [0.4, 0.5) is 0 Å². The minimum Gasteiger partial charge on any atom is -0.484 e. The van der Waals surface area contributed by atoms with E-state index in [0.29, 0.717) is 22.7 Å². The molecule has 0 unspecified atom stereocenters. The third-order valence-electron chi connectivity index (χ3n) is 6.88. The lowest BCUT2D eigenvalue weighted by atomic mass is 9.65. The predicted octanol–water partition coefficient (Wildman–Crippen LogP) is 3.15. The molecule has 3 heterocycles. The van der Waals surface area contributed by atoms with E-state index in [9.17, 15) is 9.59 Å². The minimum absolute atomic E-state index is 0.0113. The van der Waals surface area contributed by atoms with E-state index in [1.54, 1.807) is 16.7 Å². The van der Waals surface area contributed by atoms with Crippen molar-refractivity contribution in [3.05, 3.63) is 34.4 Å². The summed E-state index contributed by atoms with van der Waals surface area (Å²) >= 11 is 0. The highest BCUT2D eigenvalue weighted by atomic mass is 16.5. The maximum absolute atomic E-state index is 12.9. The van der Waals surface area contributed by atoms with Gasteiger partial charge in [-0.3, -0.25) is 14.2 Å². The van der Waals surface area contributed by atoms with Crippen molar-refractivity contribution in [2.24, 2.45) is 10.8 Å². The molecule has 2 aromatic rings. The molecule has 1 aliphatic carbocycles. The Morgan fingerprint density at radius 1 is 1.28 bits per heavy atom. The van der Waals surface area contributed by atoms with Gasteiger partial charge in [-0.2, -0.15) is 0 Å². The Kier molecular flexibility index (Phi) is 4.06. The van der Waals surface area contributed by atoms with E-state index in [2.05, 4.69) is 25.8 Å². The first kappa shape index (κ1) is 18.6. The zero-order valence-electron chi connectivity index (χ0n) is 17.5. The molecule has 2 aliphatic heterocycles. The molecular formula is C23H29N3O3. The number of carbonyl (C=O) groups excluding carboxylic acids is 1. The molecule has 0 N–H and O–H groups in total. The molecule has 2 atom stereocenters. The number of ether oxygens (including phenoxy) is 1. The molecule has 1 amide bonds. The Hall–Kier alpha value is -2.37. The van der Waals surface area contributed by atoms with Crippen LogP contribution in [0.3, 0.4) is 0 Å². The van der Waals surface area contributed by atoms with Crippen LogP contribution in [-0.2, 0) is 17.8 Å². The maximum atomic E-state index is 12.9. The largest absolute Gasteiger partial charge is 0.484 e. The molecule has 0 radical (unpaired) electrons. The lowest BCUT2D eigenvalue weighted by Gasteiger charge is -2.39. The van der Waals surface area contributed by atoms with E-state index < -0.39 is 0 Å². The third-order valence-corrected chi connectivity index (χ3v) is 6.88. The molecular weight excluding hydrogens is 366 g/mol. The van der Waals surface area contributed by atoms with Crippen LogP contribution in [0, 0.1) is 10.8 Å². The number of likely N-dealkylation sites (tertiary alicyclic amines) is 1. The topological polar surface area (TPSA) is 64.4 Å². The fourth-order valence-electron chi connectivity index (χ4n) is 6.13. The van der Waals surface area contributed by atoms with Crippen LogP contribution in [0.2, 0.25) is 0 Å². The number of benzene rings is 1. The van der Waals surface area contributed by atoms with Crippen molar-refractivity contribution in [2.45, 2.75) is 65.5 Å². The molecule has 0 spiro atoms. The SMILES string of the molecule is CC1(C)C[C@H]2C[C@@](C)(CN2C(=O)COc2ccc3nc4n(c(=O)c3c2)CCC4)C1. The van der Waals surface area contributed by atoms with Gasteiger partial charge in [-0.05, 0) is 54.7 Å². The number of hydrogen-bond donors (Lipinski definition) is 0. The number of aryl methyl sites for hydroxylation is 1. The average Bonchev–Trinajstić information content (AvgIpc) is 3.21. The third kappa shape index (κ3) is 3.22. The van der Waals surface area contributed by atoms with E-state index in [4.69, 9.17) is 4.74 Å². The number of nitrogens with zero attached hydrogens (tertiary/aromatic N) is 3. The van der Waals surface area contributed by atoms with Gasteiger partial charge in [0.1, 0.15) is 11.6 Å². The van der Waals surface area contributed by atoms with Crippen molar-refractivity contribution >= 4 is 16.8 Å². The summed E-state index contributed by atoms with van der Waals surface area (Å²) < 4.78 is 7.58. The summed E-state index contributed by atoms with van der Waals surface area (Å²) in [4.78, 5) is 32.3. The lowest BCUT2D eigenvalue weighted by Crippen LogP contribution is -2.40. The van der Waals surface area contributed by atoms with Crippen molar-refractivity contribution in [2.75, 3.05) is 13.2 Å². The Morgan fingerprint density at radius 3 is 2.93 bits per heavy atom. The number of amides is 1. The predicted molar refractivity (Wildman–Crippen MR) is 111 cm³/mol. The van der Waals surface area contributed by atoms with Crippen LogP contribution in [0.1, 0.15) is 52.3 Å². The second kappa shape index (κ2) is 6.31. The molecule has 154 valence electrons. The Labute approximate surface area is 170 Å². The number of fused-ring (bicyclic) bond motifs is 4. The Morgan fingerprint density at radius 2 is 2.10 bits per heavy atom. The first-order valence-electron chi connectivity index (χ1n) is 10.7. The first-order valence-corrected chi connectivity index (χ1v) is 10.7. The van der Waals surface area contributed by atoms with Gasteiger partial charge in [0.2, 0.25) is 0 Å². The standard InChI is InChI=1S/C23H29N3O3/c1-22(2)10-15-11-23(3,13-22)14-26(15)20(27)12-29-16-6-7-18-17(9-16)21(28)25-8-4-5-19(25)24-18/h6-7,9,15H,4-5,8,10-14H2,1-3H3/t15-,23+/m0/s1. The second-order valence-corrected chi connectivity index (χ2v) is 10.3. The van der Waals surface area contributed by atoms with Crippen LogP contribution < -0.4 is 10.3 Å². The van der Waals surface area contributed by atoms with Crippen LogP contribution in [0.25, 0.3) is 10.9 Å². The van der Waals surface area contributed by atoms with E-state index in [-0.39, 0.29) is 28.9 Å². The van der Waals surface area contributed by atoms with Crippen LogP contribution in [-0.4, -0.2) is 39.6 Å². The van der Waals surface area contributed by atoms with Crippen LogP contribution >= 0.6 is 0 Å². The van der Waals surface area contributed by atoms with Crippen molar-refractivity contribution in [1.82, 2.24) is 14.5 Å². The molecule has 1 aromatic carbocycles. The van der Waals surface area contributed by atoms with Gasteiger partial charge in [-0.25, -0.2) is 4.98 Å². The maximum Gasteiger partial charge on any atom is 0.261 e. The van der Waals surface area contributed by atoms with Gasteiger partial charge >= 0.3 is 0 Å². The van der Waals surface area contributed by atoms with Crippen molar-refractivity contribution in [1.29, 1.82) is 0 Å². The van der Waals surface area contributed by atoms with Gasteiger partial charge < -0.3 is 9.64 Å². The summed E-state index contributed by atoms with van der Waals surface area (Å²) in [5, 5.41) is 0.562. The molecule has 3 aliphatic rings. The summed E-state index contributed by atoms with van der Waals surface area (Å²) in [5.74, 6) is 1.46. The van der Waals surface area contributed by atoms with Gasteiger partial charge in [-0.1, -0.05) is 20.8 Å². The minimum atomic E-state index is -0.0113. The van der Waals surface area contributed by atoms with Crippen molar-refractivity contribution < 1.29 is 9.53 Å². The summed E-state index contributed by atoms with van der Waals surface area (Å²) in [6, 6.07) is 5.67. The Balaban J connectivity index is 1.32. The normalized spacial score (nSPS) is 27.3. The van der Waals surface area contributed by atoms with E-state index in [0.717, 1.165) is 51.0 Å². The van der Waals surface area contributed by atoms with Gasteiger partial charge in [0.15, 0.2) is 6.61 Å². The zero-order chi connectivity index (χ0) is 20.4. The van der Waals surface area contributed by atoms with Crippen molar-refractivity contribution in [3.63, 3.8) is 0 Å². The van der Waals surface area contributed by atoms with Crippen molar-refractivity contribution in [3.8, 4) is 5.75 Å². The van der Waals surface area contributed by atoms with Crippen LogP contribution in [0.5, 0.6) is 5.75 Å². The highest BCUT2D eigenvalue weighted by Crippen LogP contribution is 2.52. The molecule has 5 rings (SSSR count). The van der Waals surface area contributed by atoms with Crippen LogP contribution in [0.15, 0.2) is 23.0 Å². The smallest absolute Gasteiger partial charge is 0.261 e. The molecule has 6 nitrogen and oxygen atoms in total. The monoisotopic (exact) mass is 395 g/mol. The first-order chi connectivity index (χ1) is 13.7.